The van der Waals surface area contributed by atoms with Crippen LogP contribution in [0.25, 0.3) is 17.1 Å². The lowest BCUT2D eigenvalue weighted by atomic mass is 10.2. The van der Waals surface area contributed by atoms with E-state index in [9.17, 15) is 14.0 Å². The largest absolute Gasteiger partial charge is 0.273 e. The maximum Gasteiger partial charge on any atom is 0.248 e. The number of rotatable bonds is 6. The van der Waals surface area contributed by atoms with E-state index in [-0.39, 0.29) is 23.5 Å². The first-order chi connectivity index (χ1) is 14.1. The Kier molecular flexibility index (Phi) is 5.57. The van der Waals surface area contributed by atoms with Crippen molar-refractivity contribution in [1.82, 2.24) is 25.6 Å². The molecule has 1 saturated carbocycles. The lowest BCUT2D eigenvalue weighted by Crippen LogP contribution is -2.43. The highest BCUT2D eigenvalue weighted by atomic mass is 32.2. The smallest absolute Gasteiger partial charge is 0.248 e. The second kappa shape index (κ2) is 8.44. The van der Waals surface area contributed by atoms with Gasteiger partial charge in [-0.3, -0.25) is 25.0 Å². The lowest BCUT2D eigenvalue weighted by Gasteiger charge is -2.11. The molecule has 29 heavy (non-hydrogen) atoms. The maximum atomic E-state index is 14.3. The fraction of sp³-hybridized carbons (Fsp3) is 0.200. The average Bonchev–Trinajstić information content (AvgIpc) is 3.51. The predicted octanol–water partition coefficient (Wildman–Crippen LogP) is 2.72. The highest BCUT2D eigenvalue weighted by molar-refractivity contribution is 7.99. The minimum Gasteiger partial charge on any atom is -0.273 e. The van der Waals surface area contributed by atoms with Crippen LogP contribution in [0.3, 0.4) is 0 Å². The number of nitrogens with one attached hydrogen (secondary N) is 2. The number of para-hydroxylation sites is 1. The van der Waals surface area contributed by atoms with Gasteiger partial charge >= 0.3 is 0 Å². The fourth-order valence-electron chi connectivity index (χ4n) is 2.74. The van der Waals surface area contributed by atoms with Crippen LogP contribution in [0.4, 0.5) is 4.39 Å². The van der Waals surface area contributed by atoms with Crippen LogP contribution in [0.2, 0.25) is 0 Å². The standard InChI is InChI=1S/C20H18FN5O2S/c21-16-9-5-4-8-15(16)18-23-25-20(26(18)14-6-2-1-3-7-14)29-12-17(27)22-24-19(28)13-10-11-13/h1-9,13H,10-12H2,(H,22,27)(H,24,28). The highest BCUT2D eigenvalue weighted by Crippen LogP contribution is 2.29. The van der Waals surface area contributed by atoms with Crippen LogP contribution in [0, 0.1) is 11.7 Å². The molecular formula is C20H18FN5O2S. The Morgan fingerprint density at radius 3 is 2.48 bits per heavy atom. The Labute approximate surface area is 170 Å². The van der Waals surface area contributed by atoms with Crippen LogP contribution in [-0.2, 0) is 9.59 Å². The molecule has 9 heteroatoms. The number of carbonyl (C=O) groups excluding carboxylic acids is 2. The molecule has 0 spiro atoms. The van der Waals surface area contributed by atoms with Gasteiger partial charge in [0.15, 0.2) is 11.0 Å². The summed E-state index contributed by atoms with van der Waals surface area (Å²) in [6.45, 7) is 0. The molecule has 1 fully saturated rings. The molecule has 0 atom stereocenters. The summed E-state index contributed by atoms with van der Waals surface area (Å²) >= 11 is 1.15. The van der Waals surface area contributed by atoms with Crippen LogP contribution in [-0.4, -0.2) is 32.3 Å². The van der Waals surface area contributed by atoms with Crippen LogP contribution in [0.5, 0.6) is 0 Å². The molecule has 2 amide bonds. The minimum absolute atomic E-state index is 0.00691. The number of nitrogens with zero attached hydrogens (tertiary/aromatic N) is 3. The molecule has 7 nitrogen and oxygen atoms in total. The minimum atomic E-state index is -0.408. The molecule has 2 aromatic carbocycles. The molecule has 1 aliphatic carbocycles. The van der Waals surface area contributed by atoms with Crippen molar-refractivity contribution in [2.45, 2.75) is 18.0 Å². The molecule has 2 N–H and O–H groups in total. The number of carbonyl (C=O) groups is 2. The molecule has 4 rings (SSSR count). The normalized spacial score (nSPS) is 13.1. The topological polar surface area (TPSA) is 88.9 Å². The third kappa shape index (κ3) is 4.45. The van der Waals surface area contributed by atoms with E-state index in [1.165, 1.54) is 6.07 Å². The molecule has 1 heterocycles. The quantitative estimate of drug-likeness (QED) is 0.481. The van der Waals surface area contributed by atoms with E-state index in [0.29, 0.717) is 16.5 Å². The average molecular weight is 411 g/mol. The Morgan fingerprint density at radius 2 is 1.76 bits per heavy atom. The van der Waals surface area contributed by atoms with Crippen molar-refractivity contribution in [3.8, 4) is 17.1 Å². The molecule has 0 unspecified atom stereocenters. The Balaban J connectivity index is 1.54. The second-order valence-electron chi connectivity index (χ2n) is 6.56. The molecule has 3 aromatic rings. The van der Waals surface area contributed by atoms with Crippen molar-refractivity contribution >= 4 is 23.6 Å². The molecule has 1 aromatic heterocycles. The van der Waals surface area contributed by atoms with Crippen LogP contribution in [0.1, 0.15) is 12.8 Å². The zero-order valence-corrected chi connectivity index (χ0v) is 16.2. The SMILES string of the molecule is O=C(CSc1nnc(-c2ccccc2F)n1-c1ccccc1)NNC(=O)C1CC1. The summed E-state index contributed by atoms with van der Waals surface area (Å²) in [4.78, 5) is 23.7. The van der Waals surface area contributed by atoms with Gasteiger partial charge in [-0.25, -0.2) is 4.39 Å². The van der Waals surface area contributed by atoms with Crippen molar-refractivity contribution in [1.29, 1.82) is 0 Å². The number of halogens is 1. The van der Waals surface area contributed by atoms with Gasteiger partial charge in [-0.15, -0.1) is 10.2 Å². The summed E-state index contributed by atoms with van der Waals surface area (Å²) in [6.07, 6.45) is 1.71. The van der Waals surface area contributed by atoms with Crippen LogP contribution < -0.4 is 10.9 Å². The van der Waals surface area contributed by atoms with Crippen molar-refractivity contribution in [2.24, 2.45) is 5.92 Å². The highest BCUT2D eigenvalue weighted by Gasteiger charge is 2.29. The van der Waals surface area contributed by atoms with Gasteiger partial charge in [0.05, 0.1) is 11.3 Å². The van der Waals surface area contributed by atoms with Gasteiger partial charge in [0.2, 0.25) is 11.8 Å². The van der Waals surface area contributed by atoms with Gasteiger partial charge in [-0.1, -0.05) is 42.1 Å². The van der Waals surface area contributed by atoms with E-state index < -0.39 is 5.82 Å². The van der Waals surface area contributed by atoms with E-state index in [4.69, 9.17) is 0 Å². The first-order valence-electron chi connectivity index (χ1n) is 9.10. The Morgan fingerprint density at radius 1 is 1.03 bits per heavy atom. The maximum absolute atomic E-state index is 14.3. The van der Waals surface area contributed by atoms with E-state index in [2.05, 4.69) is 21.0 Å². The van der Waals surface area contributed by atoms with Crippen molar-refractivity contribution < 1.29 is 14.0 Å². The van der Waals surface area contributed by atoms with Crippen molar-refractivity contribution in [2.75, 3.05) is 5.75 Å². The number of benzene rings is 2. The molecule has 0 bridgehead atoms. The summed E-state index contributed by atoms with van der Waals surface area (Å²) in [5, 5.41) is 8.76. The Bertz CT molecular complexity index is 1040. The van der Waals surface area contributed by atoms with Crippen LogP contribution in [0.15, 0.2) is 59.8 Å². The monoisotopic (exact) mass is 411 g/mol. The van der Waals surface area contributed by atoms with Crippen molar-refractivity contribution in [3.05, 3.63) is 60.4 Å². The third-order valence-electron chi connectivity index (χ3n) is 4.37. The van der Waals surface area contributed by atoms with Crippen LogP contribution >= 0.6 is 11.8 Å². The van der Waals surface area contributed by atoms with Crippen molar-refractivity contribution in [3.63, 3.8) is 0 Å². The number of thioether (sulfide) groups is 1. The number of hydrogen-bond acceptors (Lipinski definition) is 5. The summed E-state index contributed by atoms with van der Waals surface area (Å²) in [7, 11) is 0. The van der Waals surface area contributed by atoms with E-state index >= 15 is 0 Å². The summed E-state index contributed by atoms with van der Waals surface area (Å²) in [5.74, 6) is -0.565. The zero-order chi connectivity index (χ0) is 20.2. The zero-order valence-electron chi connectivity index (χ0n) is 15.3. The third-order valence-corrected chi connectivity index (χ3v) is 5.30. The summed E-state index contributed by atoms with van der Waals surface area (Å²) in [5.41, 5.74) is 5.89. The fourth-order valence-corrected chi connectivity index (χ4v) is 3.49. The molecule has 0 saturated heterocycles. The summed E-state index contributed by atoms with van der Waals surface area (Å²) < 4.78 is 16.1. The summed E-state index contributed by atoms with van der Waals surface area (Å²) in [6, 6.07) is 15.6. The second-order valence-corrected chi connectivity index (χ2v) is 7.50. The predicted molar refractivity (Wildman–Crippen MR) is 106 cm³/mol. The van der Waals surface area contributed by atoms with Gasteiger partial charge < -0.3 is 0 Å². The number of aromatic nitrogens is 3. The number of amides is 2. The van der Waals surface area contributed by atoms with Gasteiger partial charge in [-0.05, 0) is 37.1 Å². The first-order valence-corrected chi connectivity index (χ1v) is 10.1. The molecule has 0 radical (unpaired) electrons. The molecule has 1 aliphatic rings. The first kappa shape index (κ1) is 19.1. The van der Waals surface area contributed by atoms with Gasteiger partial charge in [-0.2, -0.15) is 0 Å². The van der Waals surface area contributed by atoms with Gasteiger partial charge in [0.25, 0.3) is 0 Å². The van der Waals surface area contributed by atoms with E-state index in [0.717, 1.165) is 30.3 Å². The van der Waals surface area contributed by atoms with E-state index in [1.54, 1.807) is 22.8 Å². The Hall–Kier alpha value is -3.20. The van der Waals surface area contributed by atoms with Gasteiger partial charge in [0, 0.05) is 11.6 Å². The van der Waals surface area contributed by atoms with Gasteiger partial charge in [0.1, 0.15) is 5.82 Å². The number of hydrogen-bond donors (Lipinski definition) is 2. The molecule has 148 valence electrons. The number of hydrazine groups is 1. The van der Waals surface area contributed by atoms with E-state index in [1.807, 2.05) is 30.3 Å². The lowest BCUT2D eigenvalue weighted by molar-refractivity contribution is -0.128. The molecular weight excluding hydrogens is 393 g/mol. The molecule has 0 aliphatic heterocycles.